The van der Waals surface area contributed by atoms with Crippen LogP contribution in [0.5, 0.6) is 0 Å². The number of pyridine rings is 1. The van der Waals surface area contributed by atoms with Gasteiger partial charge in [-0.05, 0) is 50.1 Å². The SMILES string of the molecule is C[C@H](NC(=O)c1cc(Cl)cc(C(F)(F)F)c1)c1ncnn1-c1ccc(NC(=O)C2(Cl)CC2)cn1. The monoisotopic (exact) mass is 512 g/mol. The minimum Gasteiger partial charge on any atom is -0.342 e. The Hall–Kier alpha value is -3.18. The van der Waals surface area contributed by atoms with E-state index in [2.05, 4.69) is 25.7 Å². The molecule has 2 N–H and O–H groups in total. The van der Waals surface area contributed by atoms with Gasteiger partial charge < -0.3 is 10.6 Å². The smallest absolute Gasteiger partial charge is 0.342 e. The molecule has 3 aromatic rings. The first-order valence-electron chi connectivity index (χ1n) is 10.0. The molecule has 4 rings (SSSR count). The number of hydrogen-bond donors (Lipinski definition) is 2. The van der Waals surface area contributed by atoms with Crippen molar-refractivity contribution >= 4 is 40.7 Å². The molecule has 2 amide bonds. The standard InChI is InChI=1S/C21H17Cl2F3N6O2/c1-11(30-18(33)12-6-13(21(24,25)26)8-14(22)7-12)17-28-10-29-32(17)16-3-2-15(9-27-16)31-19(34)20(23)4-5-20/h2-3,6-11H,4-5H2,1H3,(H,30,33)(H,31,34)/t11-/m0/s1. The van der Waals surface area contributed by atoms with Crippen LogP contribution >= 0.6 is 23.2 Å². The van der Waals surface area contributed by atoms with Crippen LogP contribution in [0.2, 0.25) is 5.02 Å². The van der Waals surface area contributed by atoms with Gasteiger partial charge >= 0.3 is 6.18 Å². The zero-order valence-corrected chi connectivity index (χ0v) is 19.0. The van der Waals surface area contributed by atoms with Crippen LogP contribution in [0.15, 0.2) is 42.9 Å². The second kappa shape index (κ2) is 8.88. The average molecular weight is 513 g/mol. The zero-order valence-electron chi connectivity index (χ0n) is 17.5. The molecule has 1 saturated carbocycles. The quantitative estimate of drug-likeness (QED) is 0.472. The Bertz CT molecular complexity index is 1240. The summed E-state index contributed by atoms with van der Waals surface area (Å²) in [5.74, 6) is -0.429. The topological polar surface area (TPSA) is 102 Å². The number of benzene rings is 1. The van der Waals surface area contributed by atoms with Crippen LogP contribution in [0.1, 0.15) is 47.6 Å². The maximum absolute atomic E-state index is 13.0. The highest BCUT2D eigenvalue weighted by atomic mass is 35.5. The van der Waals surface area contributed by atoms with Gasteiger partial charge in [0.25, 0.3) is 5.91 Å². The molecule has 178 valence electrons. The number of nitrogens with one attached hydrogen (secondary N) is 2. The Balaban J connectivity index is 1.48. The number of carbonyl (C=O) groups excluding carboxylic acids is 2. The van der Waals surface area contributed by atoms with Gasteiger partial charge in [-0.1, -0.05) is 11.6 Å². The number of halogens is 5. The molecule has 0 saturated heterocycles. The summed E-state index contributed by atoms with van der Waals surface area (Å²) >= 11 is 11.9. The van der Waals surface area contributed by atoms with Gasteiger partial charge in [0.05, 0.1) is 23.5 Å². The number of rotatable bonds is 6. The minimum atomic E-state index is -4.65. The zero-order chi connectivity index (χ0) is 24.7. The van der Waals surface area contributed by atoms with E-state index in [0.29, 0.717) is 24.3 Å². The van der Waals surface area contributed by atoms with E-state index in [1.54, 1.807) is 19.1 Å². The summed E-state index contributed by atoms with van der Waals surface area (Å²) in [5.41, 5.74) is -0.826. The van der Waals surface area contributed by atoms with Crippen molar-refractivity contribution in [2.24, 2.45) is 0 Å². The Morgan fingerprint density at radius 1 is 1.18 bits per heavy atom. The van der Waals surface area contributed by atoms with Gasteiger partial charge in [-0.15, -0.1) is 11.6 Å². The normalized spacial score (nSPS) is 15.5. The number of aromatic nitrogens is 4. The largest absolute Gasteiger partial charge is 0.416 e. The van der Waals surface area contributed by atoms with Crippen LogP contribution in [0.3, 0.4) is 0 Å². The Morgan fingerprint density at radius 2 is 1.91 bits per heavy atom. The summed E-state index contributed by atoms with van der Waals surface area (Å²) in [5, 5.41) is 9.17. The first-order valence-corrected chi connectivity index (χ1v) is 10.8. The molecule has 0 bridgehead atoms. The lowest BCUT2D eigenvalue weighted by atomic mass is 10.1. The molecule has 13 heteroatoms. The minimum absolute atomic E-state index is 0.214. The van der Waals surface area contributed by atoms with Gasteiger partial charge in [-0.3, -0.25) is 9.59 Å². The van der Waals surface area contributed by atoms with Crippen LogP contribution in [-0.2, 0) is 11.0 Å². The molecule has 1 fully saturated rings. The first-order chi connectivity index (χ1) is 16.0. The summed E-state index contributed by atoms with van der Waals surface area (Å²) in [6.45, 7) is 1.60. The van der Waals surface area contributed by atoms with E-state index < -0.39 is 28.6 Å². The molecule has 1 aliphatic rings. The Labute approximate surface area is 201 Å². The van der Waals surface area contributed by atoms with Crippen molar-refractivity contribution in [3.8, 4) is 5.82 Å². The highest BCUT2D eigenvalue weighted by Crippen LogP contribution is 2.43. The highest BCUT2D eigenvalue weighted by Gasteiger charge is 2.48. The number of alkyl halides is 4. The molecule has 2 aromatic heterocycles. The van der Waals surface area contributed by atoms with E-state index in [-0.39, 0.29) is 22.3 Å². The molecule has 0 unspecified atom stereocenters. The molecule has 1 atom stereocenters. The maximum Gasteiger partial charge on any atom is 0.416 e. The third kappa shape index (κ3) is 5.15. The first kappa shape index (κ1) is 24.0. The van der Waals surface area contributed by atoms with Crippen LogP contribution in [0.25, 0.3) is 5.82 Å². The number of hydrogen-bond acceptors (Lipinski definition) is 5. The summed E-state index contributed by atoms with van der Waals surface area (Å²) in [6.07, 6.45) is -0.739. The van der Waals surface area contributed by atoms with Crippen LogP contribution in [0, 0.1) is 0 Å². The van der Waals surface area contributed by atoms with Crippen LogP contribution < -0.4 is 10.6 Å². The number of anilines is 1. The van der Waals surface area contributed by atoms with Gasteiger partial charge in [-0.25, -0.2) is 9.97 Å². The molecule has 34 heavy (non-hydrogen) atoms. The lowest BCUT2D eigenvalue weighted by Gasteiger charge is -2.16. The predicted molar refractivity (Wildman–Crippen MR) is 118 cm³/mol. The molecule has 1 aromatic carbocycles. The summed E-state index contributed by atoms with van der Waals surface area (Å²) in [4.78, 5) is 32.2. The average Bonchev–Trinajstić information content (AvgIpc) is 3.34. The van der Waals surface area contributed by atoms with Crippen molar-refractivity contribution in [1.82, 2.24) is 25.1 Å². The van der Waals surface area contributed by atoms with Crippen molar-refractivity contribution in [2.45, 2.75) is 36.9 Å². The summed E-state index contributed by atoms with van der Waals surface area (Å²) in [6, 6.07) is 5.07. The van der Waals surface area contributed by atoms with Gasteiger partial charge in [0, 0.05) is 10.6 Å². The van der Waals surface area contributed by atoms with E-state index in [9.17, 15) is 22.8 Å². The van der Waals surface area contributed by atoms with E-state index in [1.165, 1.54) is 17.2 Å². The van der Waals surface area contributed by atoms with Crippen molar-refractivity contribution in [3.63, 3.8) is 0 Å². The van der Waals surface area contributed by atoms with Gasteiger partial charge in [-0.2, -0.15) is 23.0 Å². The second-order valence-corrected chi connectivity index (χ2v) is 8.94. The highest BCUT2D eigenvalue weighted by molar-refractivity contribution is 6.38. The van der Waals surface area contributed by atoms with Gasteiger partial charge in [0.15, 0.2) is 11.6 Å². The fraction of sp³-hybridized carbons (Fsp3) is 0.286. The third-order valence-corrected chi connectivity index (χ3v) is 5.88. The maximum atomic E-state index is 13.0. The molecule has 8 nitrogen and oxygen atoms in total. The lowest BCUT2D eigenvalue weighted by Crippen LogP contribution is -2.29. The second-order valence-electron chi connectivity index (χ2n) is 7.78. The van der Waals surface area contributed by atoms with Crippen molar-refractivity contribution < 1.29 is 22.8 Å². The molecule has 2 heterocycles. The Kier molecular flexibility index (Phi) is 6.26. The van der Waals surface area contributed by atoms with E-state index in [0.717, 1.165) is 18.2 Å². The van der Waals surface area contributed by atoms with E-state index >= 15 is 0 Å². The molecular formula is C21H17Cl2F3N6O2. The van der Waals surface area contributed by atoms with Crippen LogP contribution in [-0.4, -0.2) is 36.4 Å². The molecule has 1 aliphatic carbocycles. The third-order valence-electron chi connectivity index (χ3n) is 5.11. The predicted octanol–water partition coefficient (Wildman–Crippen LogP) is 4.54. The van der Waals surface area contributed by atoms with Gasteiger partial charge in [0.1, 0.15) is 11.2 Å². The lowest BCUT2D eigenvalue weighted by molar-refractivity contribution is -0.137. The van der Waals surface area contributed by atoms with Gasteiger partial charge in [0.2, 0.25) is 5.91 Å². The summed E-state index contributed by atoms with van der Waals surface area (Å²) < 4.78 is 40.5. The summed E-state index contributed by atoms with van der Waals surface area (Å²) in [7, 11) is 0. The van der Waals surface area contributed by atoms with Crippen molar-refractivity contribution in [3.05, 3.63) is 64.8 Å². The van der Waals surface area contributed by atoms with Crippen molar-refractivity contribution in [2.75, 3.05) is 5.32 Å². The molecule has 0 spiro atoms. The Morgan fingerprint density at radius 3 is 2.53 bits per heavy atom. The number of amides is 2. The van der Waals surface area contributed by atoms with Crippen molar-refractivity contribution in [1.29, 1.82) is 0 Å². The fourth-order valence-corrected chi connectivity index (χ4v) is 3.49. The molecule has 0 aliphatic heterocycles. The number of carbonyl (C=O) groups is 2. The number of nitrogens with zero attached hydrogens (tertiary/aromatic N) is 4. The fourth-order valence-electron chi connectivity index (χ4n) is 3.12. The van der Waals surface area contributed by atoms with E-state index in [1.807, 2.05) is 0 Å². The molecular weight excluding hydrogens is 496 g/mol. The van der Waals surface area contributed by atoms with Crippen LogP contribution in [0.4, 0.5) is 18.9 Å². The molecule has 0 radical (unpaired) electrons. The van der Waals surface area contributed by atoms with E-state index in [4.69, 9.17) is 23.2 Å².